The molecule has 3 nitrogen and oxygen atoms in total. The second kappa shape index (κ2) is 7.77. The molecule has 0 rings (SSSR count). The highest BCUT2D eigenvalue weighted by Crippen LogP contribution is 2.15. The molecule has 0 atom stereocenters. The van der Waals surface area contributed by atoms with Gasteiger partial charge in [-0.2, -0.15) is 11.8 Å². The van der Waals surface area contributed by atoms with Gasteiger partial charge in [-0.1, -0.05) is 6.08 Å². The Morgan fingerprint density at radius 1 is 1.60 bits per heavy atom. The number of methoxy groups -OCH3 is 1. The molecule has 15 heavy (non-hydrogen) atoms. The Morgan fingerprint density at radius 2 is 2.27 bits per heavy atom. The van der Waals surface area contributed by atoms with Gasteiger partial charge in [-0.3, -0.25) is 4.79 Å². The molecular weight excluding hydrogens is 210 g/mol. The summed E-state index contributed by atoms with van der Waals surface area (Å²) in [5, 5.41) is 3.24. The molecule has 0 aromatic carbocycles. The summed E-state index contributed by atoms with van der Waals surface area (Å²) in [6.07, 6.45) is 1.89. The van der Waals surface area contributed by atoms with Crippen molar-refractivity contribution in [1.29, 1.82) is 0 Å². The Morgan fingerprint density at radius 3 is 2.80 bits per heavy atom. The highest BCUT2D eigenvalue weighted by molar-refractivity contribution is 7.99. The van der Waals surface area contributed by atoms with Crippen molar-refractivity contribution in [2.24, 2.45) is 5.41 Å². The van der Waals surface area contributed by atoms with E-state index < -0.39 is 5.41 Å². The summed E-state index contributed by atoms with van der Waals surface area (Å²) in [4.78, 5) is 11.3. The second-order valence-corrected chi connectivity index (χ2v) is 5.07. The summed E-state index contributed by atoms with van der Waals surface area (Å²) in [7, 11) is 1.42. The number of hydrogen-bond acceptors (Lipinski definition) is 4. The van der Waals surface area contributed by atoms with E-state index in [0.29, 0.717) is 6.54 Å². The molecule has 0 spiro atoms. The largest absolute Gasteiger partial charge is 0.469 e. The third-order valence-electron chi connectivity index (χ3n) is 1.96. The van der Waals surface area contributed by atoms with Crippen molar-refractivity contribution < 1.29 is 9.53 Å². The zero-order chi connectivity index (χ0) is 11.7. The number of hydrogen-bond donors (Lipinski definition) is 1. The molecule has 88 valence electrons. The Kier molecular flexibility index (Phi) is 7.52. The van der Waals surface area contributed by atoms with Gasteiger partial charge in [0.05, 0.1) is 12.5 Å². The van der Waals surface area contributed by atoms with Gasteiger partial charge in [0.1, 0.15) is 0 Å². The second-order valence-electron chi connectivity index (χ2n) is 3.92. The van der Waals surface area contributed by atoms with Crippen LogP contribution in [0.4, 0.5) is 0 Å². The number of nitrogens with one attached hydrogen (secondary N) is 1. The SMILES string of the molecule is C=CCSCCNCC(C)(C)C(=O)OC. The summed E-state index contributed by atoms with van der Waals surface area (Å²) in [5.41, 5.74) is -0.447. The van der Waals surface area contributed by atoms with E-state index in [2.05, 4.69) is 11.9 Å². The van der Waals surface area contributed by atoms with Gasteiger partial charge in [0.15, 0.2) is 0 Å². The first kappa shape index (κ1) is 14.5. The van der Waals surface area contributed by atoms with Crippen LogP contribution in [-0.4, -0.2) is 37.7 Å². The van der Waals surface area contributed by atoms with E-state index in [0.717, 1.165) is 18.1 Å². The summed E-state index contributed by atoms with van der Waals surface area (Å²) < 4.78 is 4.71. The lowest BCUT2D eigenvalue weighted by Gasteiger charge is -2.21. The number of carbonyl (C=O) groups is 1. The van der Waals surface area contributed by atoms with Gasteiger partial charge in [0, 0.05) is 24.6 Å². The van der Waals surface area contributed by atoms with Crippen molar-refractivity contribution in [3.05, 3.63) is 12.7 Å². The molecule has 0 radical (unpaired) electrons. The molecular formula is C11H21NO2S. The molecule has 0 aromatic rings. The summed E-state index contributed by atoms with van der Waals surface area (Å²) in [5.74, 6) is 1.83. The van der Waals surface area contributed by atoms with Crippen LogP contribution in [0.5, 0.6) is 0 Å². The molecule has 0 saturated carbocycles. The molecule has 0 aliphatic rings. The fraction of sp³-hybridized carbons (Fsp3) is 0.727. The van der Waals surface area contributed by atoms with Crippen LogP contribution in [0.3, 0.4) is 0 Å². The Labute approximate surface area is 96.6 Å². The van der Waals surface area contributed by atoms with Crippen LogP contribution in [0.1, 0.15) is 13.8 Å². The van der Waals surface area contributed by atoms with E-state index in [4.69, 9.17) is 4.74 Å². The van der Waals surface area contributed by atoms with Crippen LogP contribution < -0.4 is 5.32 Å². The van der Waals surface area contributed by atoms with Crippen molar-refractivity contribution in [2.45, 2.75) is 13.8 Å². The number of carbonyl (C=O) groups excluding carboxylic acids is 1. The zero-order valence-electron chi connectivity index (χ0n) is 9.84. The maximum absolute atomic E-state index is 11.3. The highest BCUT2D eigenvalue weighted by Gasteiger charge is 2.27. The minimum absolute atomic E-state index is 0.172. The predicted octanol–water partition coefficient (Wildman–Crippen LogP) is 1.69. The third kappa shape index (κ3) is 6.57. The quantitative estimate of drug-likeness (QED) is 0.392. The van der Waals surface area contributed by atoms with Crippen LogP contribution in [-0.2, 0) is 9.53 Å². The number of ether oxygens (including phenoxy) is 1. The van der Waals surface area contributed by atoms with Crippen LogP contribution in [0.15, 0.2) is 12.7 Å². The first-order valence-corrected chi connectivity index (χ1v) is 6.18. The van der Waals surface area contributed by atoms with E-state index >= 15 is 0 Å². The van der Waals surface area contributed by atoms with Crippen LogP contribution in [0.25, 0.3) is 0 Å². The molecule has 0 aromatic heterocycles. The van der Waals surface area contributed by atoms with Gasteiger partial charge < -0.3 is 10.1 Å². The molecule has 0 heterocycles. The lowest BCUT2D eigenvalue weighted by molar-refractivity contribution is -0.150. The molecule has 0 bridgehead atoms. The molecule has 1 N–H and O–H groups in total. The van der Waals surface area contributed by atoms with Crippen LogP contribution in [0, 0.1) is 5.41 Å². The van der Waals surface area contributed by atoms with Crippen LogP contribution >= 0.6 is 11.8 Å². The first-order valence-electron chi connectivity index (χ1n) is 5.02. The molecule has 4 heteroatoms. The topological polar surface area (TPSA) is 38.3 Å². The Bertz CT molecular complexity index is 205. The molecule has 0 fully saturated rings. The van der Waals surface area contributed by atoms with Crippen molar-refractivity contribution in [3.63, 3.8) is 0 Å². The van der Waals surface area contributed by atoms with Crippen LogP contribution in [0.2, 0.25) is 0 Å². The predicted molar refractivity (Wildman–Crippen MR) is 66.2 cm³/mol. The Hall–Kier alpha value is -0.480. The first-order chi connectivity index (χ1) is 7.04. The third-order valence-corrected chi connectivity index (χ3v) is 2.93. The number of thioether (sulfide) groups is 1. The lowest BCUT2D eigenvalue weighted by Crippen LogP contribution is -2.37. The zero-order valence-corrected chi connectivity index (χ0v) is 10.7. The minimum Gasteiger partial charge on any atom is -0.469 e. The fourth-order valence-electron chi connectivity index (χ4n) is 1.06. The van der Waals surface area contributed by atoms with Crippen molar-refractivity contribution in [3.8, 4) is 0 Å². The normalized spacial score (nSPS) is 11.1. The van der Waals surface area contributed by atoms with Gasteiger partial charge in [-0.25, -0.2) is 0 Å². The van der Waals surface area contributed by atoms with Gasteiger partial charge in [0.25, 0.3) is 0 Å². The maximum Gasteiger partial charge on any atom is 0.312 e. The molecule has 0 amide bonds. The summed E-state index contributed by atoms with van der Waals surface area (Å²) in [6, 6.07) is 0. The van der Waals surface area contributed by atoms with E-state index in [1.54, 1.807) is 0 Å². The monoisotopic (exact) mass is 231 g/mol. The number of esters is 1. The van der Waals surface area contributed by atoms with Gasteiger partial charge >= 0.3 is 5.97 Å². The number of rotatable bonds is 8. The van der Waals surface area contributed by atoms with Gasteiger partial charge in [-0.15, -0.1) is 6.58 Å². The molecule has 0 aliphatic carbocycles. The molecule has 0 unspecified atom stereocenters. The maximum atomic E-state index is 11.3. The standard InChI is InChI=1S/C11H21NO2S/c1-5-7-15-8-6-12-9-11(2,3)10(13)14-4/h5,12H,1,6-9H2,2-4H3. The van der Waals surface area contributed by atoms with Crippen molar-refractivity contribution in [2.75, 3.05) is 31.7 Å². The van der Waals surface area contributed by atoms with Gasteiger partial charge in [0.2, 0.25) is 0 Å². The van der Waals surface area contributed by atoms with E-state index in [9.17, 15) is 4.79 Å². The van der Waals surface area contributed by atoms with Crippen molar-refractivity contribution in [1.82, 2.24) is 5.32 Å². The summed E-state index contributed by atoms with van der Waals surface area (Å²) in [6.45, 7) is 8.95. The van der Waals surface area contributed by atoms with E-state index in [-0.39, 0.29) is 5.97 Å². The molecule has 0 saturated heterocycles. The fourth-order valence-corrected chi connectivity index (χ4v) is 1.68. The lowest BCUT2D eigenvalue weighted by atomic mass is 9.94. The summed E-state index contributed by atoms with van der Waals surface area (Å²) >= 11 is 1.82. The smallest absolute Gasteiger partial charge is 0.312 e. The van der Waals surface area contributed by atoms with Gasteiger partial charge in [-0.05, 0) is 13.8 Å². The van der Waals surface area contributed by atoms with E-state index in [1.165, 1.54) is 7.11 Å². The Balaban J connectivity index is 3.57. The minimum atomic E-state index is -0.447. The molecule has 0 aliphatic heterocycles. The highest BCUT2D eigenvalue weighted by atomic mass is 32.2. The van der Waals surface area contributed by atoms with E-state index in [1.807, 2.05) is 31.7 Å². The van der Waals surface area contributed by atoms with Crippen molar-refractivity contribution >= 4 is 17.7 Å². The average molecular weight is 231 g/mol. The average Bonchev–Trinajstić information content (AvgIpc) is 2.22.